The smallest absolute Gasteiger partial charge is 0.0497 e. The molecule has 2 rings (SSSR count). The van der Waals surface area contributed by atoms with Crippen molar-refractivity contribution in [3.63, 3.8) is 0 Å². The van der Waals surface area contributed by atoms with E-state index in [2.05, 4.69) is 37.9 Å². The summed E-state index contributed by atoms with van der Waals surface area (Å²) in [6, 6.07) is 4.39. The fourth-order valence-electron chi connectivity index (χ4n) is 2.01. The standard InChI is InChI=1S/C12H14ClN/c1-7-4-8(2)12-10(5-7)11(6-13)9(3)14-12/h4-5,14H,6H2,1-3H3. The van der Waals surface area contributed by atoms with Crippen molar-refractivity contribution in [3.8, 4) is 0 Å². The van der Waals surface area contributed by atoms with Crippen LogP contribution in [0.25, 0.3) is 10.9 Å². The summed E-state index contributed by atoms with van der Waals surface area (Å²) in [5, 5.41) is 1.27. The Balaban J connectivity index is 2.87. The Morgan fingerprint density at radius 2 is 1.93 bits per heavy atom. The molecule has 0 aliphatic heterocycles. The molecule has 0 amide bonds. The largest absolute Gasteiger partial charge is 0.358 e. The van der Waals surface area contributed by atoms with E-state index in [0.29, 0.717) is 5.88 Å². The van der Waals surface area contributed by atoms with Gasteiger partial charge in [-0.3, -0.25) is 0 Å². The molecule has 1 nitrogen and oxygen atoms in total. The van der Waals surface area contributed by atoms with Gasteiger partial charge in [0.05, 0.1) is 0 Å². The van der Waals surface area contributed by atoms with Crippen molar-refractivity contribution >= 4 is 22.5 Å². The highest BCUT2D eigenvalue weighted by Crippen LogP contribution is 2.27. The maximum absolute atomic E-state index is 5.94. The molecule has 1 heterocycles. The number of nitrogens with one attached hydrogen (secondary N) is 1. The van der Waals surface area contributed by atoms with Crippen LogP contribution in [0.3, 0.4) is 0 Å². The Hall–Kier alpha value is -0.950. The van der Waals surface area contributed by atoms with E-state index in [4.69, 9.17) is 11.6 Å². The highest BCUT2D eigenvalue weighted by Gasteiger charge is 2.09. The Morgan fingerprint density at radius 3 is 2.57 bits per heavy atom. The molecule has 1 N–H and O–H groups in total. The highest BCUT2D eigenvalue weighted by molar-refractivity contribution is 6.18. The molecule has 0 aliphatic carbocycles. The van der Waals surface area contributed by atoms with Crippen LogP contribution in [0.2, 0.25) is 0 Å². The number of aromatic nitrogens is 1. The van der Waals surface area contributed by atoms with Crippen LogP contribution in [-0.2, 0) is 5.88 Å². The Bertz CT molecular complexity index is 483. The van der Waals surface area contributed by atoms with Gasteiger partial charge in [-0.2, -0.15) is 0 Å². The van der Waals surface area contributed by atoms with Crippen LogP contribution in [0.1, 0.15) is 22.4 Å². The van der Waals surface area contributed by atoms with E-state index >= 15 is 0 Å². The zero-order chi connectivity index (χ0) is 10.3. The van der Waals surface area contributed by atoms with E-state index in [1.807, 2.05) is 0 Å². The van der Waals surface area contributed by atoms with Crippen LogP contribution in [0.4, 0.5) is 0 Å². The molecule has 2 heteroatoms. The number of aromatic amines is 1. The number of hydrogen-bond donors (Lipinski definition) is 1. The van der Waals surface area contributed by atoms with Crippen LogP contribution in [0, 0.1) is 20.8 Å². The van der Waals surface area contributed by atoms with Gasteiger partial charge in [-0.05, 0) is 38.0 Å². The molecule has 0 aliphatic rings. The van der Waals surface area contributed by atoms with E-state index in [1.165, 1.54) is 33.3 Å². The maximum Gasteiger partial charge on any atom is 0.0497 e. The Morgan fingerprint density at radius 1 is 1.21 bits per heavy atom. The van der Waals surface area contributed by atoms with Gasteiger partial charge < -0.3 is 4.98 Å². The molecule has 1 aromatic heterocycles. The molecule has 0 unspecified atom stereocenters. The van der Waals surface area contributed by atoms with Gasteiger partial charge in [-0.25, -0.2) is 0 Å². The number of alkyl halides is 1. The van der Waals surface area contributed by atoms with E-state index in [1.54, 1.807) is 0 Å². The topological polar surface area (TPSA) is 15.8 Å². The van der Waals surface area contributed by atoms with Crippen molar-refractivity contribution in [2.45, 2.75) is 26.7 Å². The van der Waals surface area contributed by atoms with Gasteiger partial charge in [0.25, 0.3) is 0 Å². The average Bonchev–Trinajstić information content (AvgIpc) is 2.41. The van der Waals surface area contributed by atoms with Gasteiger partial charge >= 0.3 is 0 Å². The number of hydrogen-bond acceptors (Lipinski definition) is 0. The normalized spacial score (nSPS) is 11.1. The van der Waals surface area contributed by atoms with Crippen molar-refractivity contribution in [2.75, 3.05) is 0 Å². The predicted molar refractivity (Wildman–Crippen MR) is 62.1 cm³/mol. The van der Waals surface area contributed by atoms with E-state index < -0.39 is 0 Å². The fourth-order valence-corrected chi connectivity index (χ4v) is 2.35. The number of benzene rings is 1. The summed E-state index contributed by atoms with van der Waals surface area (Å²) in [6.45, 7) is 6.32. The van der Waals surface area contributed by atoms with Gasteiger partial charge in [0.15, 0.2) is 0 Å². The first kappa shape index (κ1) is 9.60. The zero-order valence-electron chi connectivity index (χ0n) is 8.74. The summed E-state index contributed by atoms with van der Waals surface area (Å²) in [7, 11) is 0. The summed E-state index contributed by atoms with van der Waals surface area (Å²) in [6.07, 6.45) is 0. The molecular formula is C12H14ClN. The second kappa shape index (κ2) is 3.32. The number of fused-ring (bicyclic) bond motifs is 1. The lowest BCUT2D eigenvalue weighted by atomic mass is 10.1. The quantitative estimate of drug-likeness (QED) is 0.685. The van der Waals surface area contributed by atoms with Crippen molar-refractivity contribution in [2.24, 2.45) is 0 Å². The third kappa shape index (κ3) is 1.32. The lowest BCUT2D eigenvalue weighted by Crippen LogP contribution is -1.81. The van der Waals surface area contributed by atoms with Crippen LogP contribution < -0.4 is 0 Å². The third-order valence-corrected chi connectivity index (χ3v) is 2.97. The molecule has 0 fully saturated rings. The van der Waals surface area contributed by atoms with Crippen molar-refractivity contribution in [1.82, 2.24) is 4.98 Å². The molecule has 0 bridgehead atoms. The minimum absolute atomic E-state index is 0.578. The number of rotatable bonds is 1. The van der Waals surface area contributed by atoms with Crippen LogP contribution in [0.15, 0.2) is 12.1 Å². The van der Waals surface area contributed by atoms with Gasteiger partial charge in [-0.15, -0.1) is 11.6 Å². The molecule has 14 heavy (non-hydrogen) atoms. The summed E-state index contributed by atoms with van der Waals surface area (Å²) in [4.78, 5) is 3.39. The molecule has 0 spiro atoms. The second-order valence-corrected chi connectivity index (χ2v) is 4.13. The van der Waals surface area contributed by atoms with Gasteiger partial charge in [0.1, 0.15) is 0 Å². The average molecular weight is 208 g/mol. The summed E-state index contributed by atoms with van der Waals surface area (Å²) in [5.41, 5.74) is 6.22. The van der Waals surface area contributed by atoms with Crippen molar-refractivity contribution in [1.29, 1.82) is 0 Å². The van der Waals surface area contributed by atoms with Gasteiger partial charge in [0.2, 0.25) is 0 Å². The molecule has 0 saturated heterocycles. The predicted octanol–water partition coefficient (Wildman–Crippen LogP) is 3.83. The molecule has 0 saturated carbocycles. The molecule has 0 radical (unpaired) electrons. The summed E-state index contributed by atoms with van der Waals surface area (Å²) in [5.74, 6) is 0.578. The maximum atomic E-state index is 5.94. The monoisotopic (exact) mass is 207 g/mol. The lowest BCUT2D eigenvalue weighted by molar-refractivity contribution is 1.23. The first-order valence-corrected chi connectivity index (χ1v) is 5.31. The van der Waals surface area contributed by atoms with Crippen molar-refractivity contribution < 1.29 is 0 Å². The number of H-pyrrole nitrogens is 1. The first-order chi connectivity index (χ1) is 6.63. The zero-order valence-corrected chi connectivity index (χ0v) is 9.50. The van der Waals surface area contributed by atoms with Crippen LogP contribution in [0.5, 0.6) is 0 Å². The Labute approximate surface area is 89.1 Å². The molecule has 2 aromatic rings. The fraction of sp³-hybridized carbons (Fsp3) is 0.333. The van der Waals surface area contributed by atoms with E-state index in [0.717, 1.165) is 0 Å². The number of halogens is 1. The lowest BCUT2D eigenvalue weighted by Gasteiger charge is -2.00. The molecule has 74 valence electrons. The van der Waals surface area contributed by atoms with Crippen LogP contribution in [-0.4, -0.2) is 4.98 Å². The molecule has 0 atom stereocenters. The minimum Gasteiger partial charge on any atom is -0.358 e. The first-order valence-electron chi connectivity index (χ1n) is 4.78. The molecular weight excluding hydrogens is 194 g/mol. The highest BCUT2D eigenvalue weighted by atomic mass is 35.5. The van der Waals surface area contributed by atoms with E-state index in [-0.39, 0.29) is 0 Å². The van der Waals surface area contributed by atoms with Gasteiger partial charge in [0, 0.05) is 22.5 Å². The second-order valence-electron chi connectivity index (χ2n) is 3.87. The molecule has 1 aromatic carbocycles. The number of aryl methyl sites for hydroxylation is 3. The summed E-state index contributed by atoms with van der Waals surface area (Å²) < 4.78 is 0. The SMILES string of the molecule is Cc1cc(C)c2[nH]c(C)c(CCl)c2c1. The van der Waals surface area contributed by atoms with Gasteiger partial charge in [-0.1, -0.05) is 11.6 Å². The third-order valence-electron chi connectivity index (χ3n) is 2.70. The van der Waals surface area contributed by atoms with E-state index in [9.17, 15) is 0 Å². The Kier molecular flexibility index (Phi) is 2.28. The van der Waals surface area contributed by atoms with Crippen molar-refractivity contribution in [3.05, 3.63) is 34.5 Å². The minimum atomic E-state index is 0.578. The van der Waals surface area contributed by atoms with Crippen LogP contribution >= 0.6 is 11.6 Å². The summed E-state index contributed by atoms with van der Waals surface area (Å²) >= 11 is 5.94.